The number of halogens is 3. The number of piperidine rings is 1. The van der Waals surface area contributed by atoms with Crippen LogP contribution in [0.4, 0.5) is 13.2 Å². The van der Waals surface area contributed by atoms with Gasteiger partial charge in [0.05, 0.1) is 6.10 Å². The van der Waals surface area contributed by atoms with E-state index in [0.29, 0.717) is 32.0 Å². The summed E-state index contributed by atoms with van der Waals surface area (Å²) >= 11 is 0. The summed E-state index contributed by atoms with van der Waals surface area (Å²) in [6.07, 6.45) is 1.11. The van der Waals surface area contributed by atoms with Gasteiger partial charge in [-0.15, -0.1) is 0 Å². The number of carbonyl (C=O) groups is 1. The highest BCUT2D eigenvalue weighted by atomic mass is 19.2. The van der Waals surface area contributed by atoms with Crippen molar-refractivity contribution in [3.8, 4) is 0 Å². The van der Waals surface area contributed by atoms with Crippen LogP contribution in [0.15, 0.2) is 12.1 Å². The minimum Gasteiger partial charge on any atom is -0.480 e. The number of carboxylic acid groups (broad SMARTS) is 1. The smallest absolute Gasteiger partial charge is 0.329 e. The monoisotopic (exact) mass is 303 g/mol. The van der Waals surface area contributed by atoms with Crippen LogP contribution in [0.25, 0.3) is 0 Å². The fourth-order valence-electron chi connectivity index (χ4n) is 2.35. The SMILES string of the molecule is O=C(O)COC1CCN(Cc2cc(F)c(F)cc2F)CC1. The number of rotatable bonds is 5. The minimum atomic E-state index is -1.20. The second-order valence-corrected chi connectivity index (χ2v) is 5.04. The quantitative estimate of drug-likeness (QED) is 0.847. The maximum atomic E-state index is 13.5. The third kappa shape index (κ3) is 4.44. The summed E-state index contributed by atoms with van der Waals surface area (Å²) in [7, 11) is 0. The van der Waals surface area contributed by atoms with Crippen LogP contribution in [0.1, 0.15) is 18.4 Å². The maximum absolute atomic E-state index is 13.5. The van der Waals surface area contributed by atoms with Gasteiger partial charge in [0.2, 0.25) is 0 Å². The molecule has 0 spiro atoms. The molecular weight excluding hydrogens is 287 g/mol. The van der Waals surface area contributed by atoms with Crippen molar-refractivity contribution in [3.05, 3.63) is 35.1 Å². The molecular formula is C14H16F3NO3. The molecule has 21 heavy (non-hydrogen) atoms. The Labute approximate surface area is 120 Å². The molecule has 0 atom stereocenters. The number of benzene rings is 1. The summed E-state index contributed by atoms with van der Waals surface area (Å²) in [5.41, 5.74) is 0.110. The number of hydrogen-bond acceptors (Lipinski definition) is 3. The molecule has 1 saturated heterocycles. The van der Waals surface area contributed by atoms with Crippen LogP contribution in [0.2, 0.25) is 0 Å². The molecule has 1 heterocycles. The Balaban J connectivity index is 1.86. The van der Waals surface area contributed by atoms with Gasteiger partial charge in [-0.3, -0.25) is 4.90 Å². The van der Waals surface area contributed by atoms with Gasteiger partial charge in [-0.1, -0.05) is 0 Å². The van der Waals surface area contributed by atoms with E-state index in [0.717, 1.165) is 6.07 Å². The third-order valence-corrected chi connectivity index (χ3v) is 3.46. The maximum Gasteiger partial charge on any atom is 0.329 e. The van der Waals surface area contributed by atoms with E-state index in [-0.39, 0.29) is 24.8 Å². The average Bonchev–Trinajstić information content (AvgIpc) is 2.44. The Hall–Kier alpha value is -1.60. The summed E-state index contributed by atoms with van der Waals surface area (Å²) in [5.74, 6) is -4.04. The number of carboxylic acids is 1. The van der Waals surface area contributed by atoms with Crippen LogP contribution in [0, 0.1) is 17.5 Å². The van der Waals surface area contributed by atoms with E-state index >= 15 is 0 Å². The minimum absolute atomic E-state index is 0.110. The third-order valence-electron chi connectivity index (χ3n) is 3.46. The van der Waals surface area contributed by atoms with Crippen molar-refractivity contribution in [2.45, 2.75) is 25.5 Å². The lowest BCUT2D eigenvalue weighted by atomic mass is 10.1. The molecule has 1 N–H and O–H groups in total. The number of hydrogen-bond donors (Lipinski definition) is 1. The van der Waals surface area contributed by atoms with Crippen molar-refractivity contribution in [1.82, 2.24) is 4.90 Å². The Morgan fingerprint density at radius 3 is 2.43 bits per heavy atom. The Morgan fingerprint density at radius 1 is 1.19 bits per heavy atom. The predicted molar refractivity (Wildman–Crippen MR) is 68.2 cm³/mol. The van der Waals surface area contributed by atoms with Crippen LogP contribution in [0.5, 0.6) is 0 Å². The largest absolute Gasteiger partial charge is 0.480 e. The first-order chi connectivity index (χ1) is 9.95. The molecule has 0 bridgehead atoms. The van der Waals surface area contributed by atoms with Crippen LogP contribution in [-0.4, -0.2) is 41.8 Å². The normalized spacial score (nSPS) is 17.1. The van der Waals surface area contributed by atoms with E-state index in [1.807, 2.05) is 4.90 Å². The molecule has 116 valence electrons. The first-order valence-electron chi connectivity index (χ1n) is 6.65. The number of likely N-dealkylation sites (tertiary alicyclic amines) is 1. The number of aliphatic carboxylic acids is 1. The lowest BCUT2D eigenvalue weighted by Crippen LogP contribution is -2.37. The van der Waals surface area contributed by atoms with E-state index in [4.69, 9.17) is 9.84 Å². The topological polar surface area (TPSA) is 49.8 Å². The molecule has 1 aliphatic heterocycles. The molecule has 0 unspecified atom stereocenters. The van der Waals surface area contributed by atoms with E-state index in [2.05, 4.69) is 0 Å². The first kappa shape index (κ1) is 15.8. The first-order valence-corrected chi connectivity index (χ1v) is 6.65. The van der Waals surface area contributed by atoms with E-state index in [1.54, 1.807) is 0 Å². The molecule has 4 nitrogen and oxygen atoms in total. The zero-order chi connectivity index (χ0) is 15.4. The molecule has 2 rings (SSSR count). The summed E-state index contributed by atoms with van der Waals surface area (Å²) in [6.45, 7) is 1.03. The van der Waals surface area contributed by atoms with Gasteiger partial charge in [0.1, 0.15) is 12.4 Å². The van der Waals surface area contributed by atoms with Crippen molar-refractivity contribution < 1.29 is 27.8 Å². The second kappa shape index (κ2) is 6.91. The molecule has 0 aromatic heterocycles. The lowest BCUT2D eigenvalue weighted by molar-refractivity contribution is -0.145. The summed E-state index contributed by atoms with van der Waals surface area (Å²) < 4.78 is 44.7. The standard InChI is InChI=1S/C14H16F3NO3/c15-11-6-13(17)12(16)5-9(11)7-18-3-1-10(2-4-18)21-8-14(19)20/h5-6,10H,1-4,7-8H2,(H,19,20). The summed E-state index contributed by atoms with van der Waals surface area (Å²) in [6, 6.07) is 1.42. The molecule has 7 heteroatoms. The highest BCUT2D eigenvalue weighted by Crippen LogP contribution is 2.19. The van der Waals surface area contributed by atoms with Gasteiger partial charge in [0.15, 0.2) is 11.6 Å². The van der Waals surface area contributed by atoms with Gasteiger partial charge in [-0.05, 0) is 18.9 Å². The fourth-order valence-corrected chi connectivity index (χ4v) is 2.35. The lowest BCUT2D eigenvalue weighted by Gasteiger charge is -2.31. The van der Waals surface area contributed by atoms with Crippen molar-refractivity contribution in [2.24, 2.45) is 0 Å². The van der Waals surface area contributed by atoms with Crippen molar-refractivity contribution >= 4 is 5.97 Å². The van der Waals surface area contributed by atoms with Crippen LogP contribution < -0.4 is 0 Å². The Morgan fingerprint density at radius 2 is 1.81 bits per heavy atom. The predicted octanol–water partition coefficient (Wildman–Crippen LogP) is 2.17. The molecule has 1 aromatic rings. The van der Waals surface area contributed by atoms with Crippen molar-refractivity contribution in [2.75, 3.05) is 19.7 Å². The van der Waals surface area contributed by atoms with Gasteiger partial charge in [-0.25, -0.2) is 18.0 Å². The van der Waals surface area contributed by atoms with Gasteiger partial charge in [0.25, 0.3) is 0 Å². The highest BCUT2D eigenvalue weighted by Gasteiger charge is 2.21. The van der Waals surface area contributed by atoms with Gasteiger partial charge < -0.3 is 9.84 Å². The number of nitrogens with zero attached hydrogens (tertiary/aromatic N) is 1. The zero-order valence-electron chi connectivity index (χ0n) is 11.3. The summed E-state index contributed by atoms with van der Waals surface area (Å²) in [4.78, 5) is 12.3. The van der Waals surface area contributed by atoms with E-state index < -0.39 is 23.4 Å². The van der Waals surface area contributed by atoms with Crippen molar-refractivity contribution in [1.29, 1.82) is 0 Å². The van der Waals surface area contributed by atoms with Crippen LogP contribution >= 0.6 is 0 Å². The van der Waals surface area contributed by atoms with Gasteiger partial charge in [0, 0.05) is 31.3 Å². The fraction of sp³-hybridized carbons (Fsp3) is 0.500. The molecule has 1 fully saturated rings. The summed E-state index contributed by atoms with van der Waals surface area (Å²) in [5, 5.41) is 8.53. The Bertz CT molecular complexity index is 516. The van der Waals surface area contributed by atoms with E-state index in [1.165, 1.54) is 0 Å². The van der Waals surface area contributed by atoms with Gasteiger partial charge in [-0.2, -0.15) is 0 Å². The van der Waals surface area contributed by atoms with Crippen LogP contribution in [0.3, 0.4) is 0 Å². The van der Waals surface area contributed by atoms with Gasteiger partial charge >= 0.3 is 5.97 Å². The molecule has 1 aliphatic rings. The van der Waals surface area contributed by atoms with Crippen LogP contribution in [-0.2, 0) is 16.1 Å². The highest BCUT2D eigenvalue weighted by molar-refractivity contribution is 5.68. The van der Waals surface area contributed by atoms with E-state index in [9.17, 15) is 18.0 Å². The zero-order valence-corrected chi connectivity index (χ0v) is 11.3. The molecule has 0 radical (unpaired) electrons. The average molecular weight is 303 g/mol. The molecule has 1 aromatic carbocycles. The molecule has 0 saturated carbocycles. The van der Waals surface area contributed by atoms with Crippen molar-refractivity contribution in [3.63, 3.8) is 0 Å². The molecule has 0 amide bonds. The molecule has 0 aliphatic carbocycles. The Kier molecular flexibility index (Phi) is 5.19. The second-order valence-electron chi connectivity index (χ2n) is 5.04. The number of ether oxygens (including phenoxy) is 1.